The van der Waals surface area contributed by atoms with Gasteiger partial charge in [-0.15, -0.1) is 5.10 Å². The molecular weight excluding hydrogens is 370 g/mol. The summed E-state index contributed by atoms with van der Waals surface area (Å²) in [6, 6.07) is 7.47. The van der Waals surface area contributed by atoms with Crippen LogP contribution in [0.15, 0.2) is 24.3 Å². The van der Waals surface area contributed by atoms with Crippen molar-refractivity contribution in [2.45, 2.75) is 51.6 Å². The number of piperazine rings is 1. The van der Waals surface area contributed by atoms with Crippen molar-refractivity contribution in [3.05, 3.63) is 40.2 Å². The number of anilines is 1. The van der Waals surface area contributed by atoms with Gasteiger partial charge in [0.2, 0.25) is 0 Å². The van der Waals surface area contributed by atoms with E-state index in [0.29, 0.717) is 12.0 Å². The molecule has 1 aromatic heterocycles. The van der Waals surface area contributed by atoms with E-state index >= 15 is 0 Å². The minimum absolute atomic E-state index is 0.131. The van der Waals surface area contributed by atoms with Crippen molar-refractivity contribution in [2.75, 3.05) is 31.1 Å². The summed E-state index contributed by atoms with van der Waals surface area (Å²) in [5.74, 6) is 1.41. The second-order valence-electron chi connectivity index (χ2n) is 8.41. The number of rotatable bonds is 6. The number of tetrazole rings is 1. The van der Waals surface area contributed by atoms with Gasteiger partial charge in [0.1, 0.15) is 0 Å². The zero-order valence-corrected chi connectivity index (χ0v) is 17.1. The number of nitro benzene ring substituents is 1. The maximum Gasteiger partial charge on any atom is 0.269 e. The highest BCUT2D eigenvalue weighted by Crippen LogP contribution is 2.34. The van der Waals surface area contributed by atoms with Gasteiger partial charge in [-0.25, -0.2) is 4.68 Å². The van der Waals surface area contributed by atoms with Gasteiger partial charge in [-0.05, 0) is 41.3 Å². The van der Waals surface area contributed by atoms with Crippen LogP contribution in [0.2, 0.25) is 0 Å². The van der Waals surface area contributed by atoms with Gasteiger partial charge in [-0.3, -0.25) is 15.0 Å². The number of nitro groups is 1. The van der Waals surface area contributed by atoms with E-state index in [9.17, 15) is 10.1 Å². The van der Waals surface area contributed by atoms with Crippen molar-refractivity contribution >= 4 is 11.4 Å². The van der Waals surface area contributed by atoms with Gasteiger partial charge in [0, 0.05) is 44.0 Å². The topological polar surface area (TPSA) is 93.2 Å². The van der Waals surface area contributed by atoms with Crippen LogP contribution in [-0.4, -0.2) is 56.2 Å². The van der Waals surface area contributed by atoms with Crippen LogP contribution in [-0.2, 0) is 0 Å². The molecule has 1 aliphatic carbocycles. The molecule has 1 saturated heterocycles. The van der Waals surface area contributed by atoms with Crippen LogP contribution < -0.4 is 4.90 Å². The van der Waals surface area contributed by atoms with E-state index in [-0.39, 0.29) is 16.7 Å². The van der Waals surface area contributed by atoms with Gasteiger partial charge in [0.15, 0.2) is 5.82 Å². The smallest absolute Gasteiger partial charge is 0.269 e. The molecule has 2 aromatic rings. The van der Waals surface area contributed by atoms with Gasteiger partial charge in [0.05, 0.1) is 17.0 Å². The van der Waals surface area contributed by atoms with Gasteiger partial charge in [-0.1, -0.05) is 26.7 Å². The predicted molar refractivity (Wildman–Crippen MR) is 110 cm³/mol. The molecule has 1 saturated carbocycles. The Hall–Kier alpha value is -2.55. The van der Waals surface area contributed by atoms with E-state index < -0.39 is 0 Å². The maximum absolute atomic E-state index is 10.9. The third-order valence-corrected chi connectivity index (χ3v) is 6.22. The molecule has 29 heavy (non-hydrogen) atoms. The molecule has 9 heteroatoms. The lowest BCUT2D eigenvalue weighted by Gasteiger charge is -2.41. The minimum atomic E-state index is -0.358. The second kappa shape index (κ2) is 8.44. The predicted octanol–water partition coefficient (Wildman–Crippen LogP) is 3.22. The van der Waals surface area contributed by atoms with Gasteiger partial charge >= 0.3 is 0 Å². The number of hydrogen-bond donors (Lipinski definition) is 0. The zero-order valence-electron chi connectivity index (χ0n) is 17.1. The molecule has 156 valence electrons. The van der Waals surface area contributed by atoms with Crippen LogP contribution in [0.4, 0.5) is 11.4 Å². The number of benzene rings is 1. The molecule has 0 amide bonds. The lowest BCUT2D eigenvalue weighted by Crippen LogP contribution is -2.49. The van der Waals surface area contributed by atoms with Crippen molar-refractivity contribution in [1.29, 1.82) is 0 Å². The third-order valence-electron chi connectivity index (χ3n) is 6.22. The number of aromatic nitrogens is 4. The number of non-ortho nitro benzene ring substituents is 1. The zero-order chi connectivity index (χ0) is 20.4. The molecule has 2 heterocycles. The molecule has 0 unspecified atom stereocenters. The Bertz CT molecular complexity index is 822. The monoisotopic (exact) mass is 399 g/mol. The molecule has 1 aromatic carbocycles. The Kier molecular flexibility index (Phi) is 5.75. The minimum Gasteiger partial charge on any atom is -0.369 e. The average Bonchev–Trinajstić information content (AvgIpc) is 3.40. The summed E-state index contributed by atoms with van der Waals surface area (Å²) in [5, 5.41) is 23.7. The van der Waals surface area contributed by atoms with E-state index in [2.05, 4.69) is 43.9 Å². The third kappa shape index (κ3) is 4.10. The summed E-state index contributed by atoms with van der Waals surface area (Å²) < 4.78 is 2.08. The maximum atomic E-state index is 10.9. The summed E-state index contributed by atoms with van der Waals surface area (Å²) in [7, 11) is 0. The van der Waals surface area contributed by atoms with Crippen molar-refractivity contribution in [3.63, 3.8) is 0 Å². The first kappa shape index (κ1) is 19.8. The van der Waals surface area contributed by atoms with E-state index in [1.165, 1.54) is 12.8 Å². The molecule has 9 nitrogen and oxygen atoms in total. The lowest BCUT2D eigenvalue weighted by atomic mass is 10.00. The molecule has 2 aliphatic rings. The molecule has 0 spiro atoms. The van der Waals surface area contributed by atoms with Crippen LogP contribution in [0.3, 0.4) is 0 Å². The Morgan fingerprint density at radius 3 is 2.31 bits per heavy atom. The summed E-state index contributed by atoms with van der Waals surface area (Å²) in [5.41, 5.74) is 1.16. The van der Waals surface area contributed by atoms with Crippen LogP contribution >= 0.6 is 0 Å². The summed E-state index contributed by atoms with van der Waals surface area (Å²) in [4.78, 5) is 15.3. The highest BCUT2D eigenvalue weighted by molar-refractivity contribution is 5.51. The normalized spacial score (nSPS) is 19.8. The quantitative estimate of drug-likeness (QED) is 0.544. The molecule has 0 radical (unpaired) electrons. The van der Waals surface area contributed by atoms with Crippen molar-refractivity contribution in [3.8, 4) is 0 Å². The van der Waals surface area contributed by atoms with Gasteiger partial charge < -0.3 is 4.90 Å². The van der Waals surface area contributed by atoms with E-state index in [1.54, 1.807) is 12.1 Å². The standard InChI is InChI=1S/C20H29N7O2/c1-15(2)19(20-21-22-23-26(20)17-5-3-4-6-17)25-13-11-24(12-14-25)16-7-9-18(10-8-16)27(28)29/h7-10,15,17,19H,3-6,11-14H2,1-2H3/t19-/m0/s1. The molecule has 4 rings (SSSR count). The number of hydrogen-bond acceptors (Lipinski definition) is 7. The molecule has 2 fully saturated rings. The van der Waals surface area contributed by atoms with E-state index in [1.807, 2.05) is 12.1 Å². The van der Waals surface area contributed by atoms with Gasteiger partial charge in [0.25, 0.3) is 5.69 Å². The van der Waals surface area contributed by atoms with Crippen LogP contribution in [0.25, 0.3) is 0 Å². The Morgan fingerprint density at radius 1 is 1.07 bits per heavy atom. The SMILES string of the molecule is CC(C)[C@@H](c1nnnn1C1CCCC1)N1CCN(c2ccc([N+](=O)[O-])cc2)CC1. The summed E-state index contributed by atoms with van der Waals surface area (Å²) in [6.07, 6.45) is 4.84. The first-order chi connectivity index (χ1) is 14.0. The van der Waals surface area contributed by atoms with Crippen LogP contribution in [0, 0.1) is 16.0 Å². The second-order valence-corrected chi connectivity index (χ2v) is 8.41. The Balaban J connectivity index is 1.46. The largest absolute Gasteiger partial charge is 0.369 e. The van der Waals surface area contributed by atoms with Crippen LogP contribution in [0.5, 0.6) is 0 Å². The first-order valence-corrected chi connectivity index (χ1v) is 10.6. The van der Waals surface area contributed by atoms with E-state index in [0.717, 1.165) is 50.5 Å². The Morgan fingerprint density at radius 2 is 1.72 bits per heavy atom. The highest BCUT2D eigenvalue weighted by Gasteiger charge is 2.33. The molecule has 0 bridgehead atoms. The Labute approximate surface area is 170 Å². The fourth-order valence-corrected chi connectivity index (χ4v) is 4.73. The summed E-state index contributed by atoms with van der Waals surface area (Å²) in [6.45, 7) is 8.06. The first-order valence-electron chi connectivity index (χ1n) is 10.6. The van der Waals surface area contributed by atoms with Crippen LogP contribution in [0.1, 0.15) is 57.4 Å². The van der Waals surface area contributed by atoms with E-state index in [4.69, 9.17) is 0 Å². The molecule has 0 N–H and O–H groups in total. The van der Waals surface area contributed by atoms with Crippen molar-refractivity contribution in [2.24, 2.45) is 5.92 Å². The summed E-state index contributed by atoms with van der Waals surface area (Å²) >= 11 is 0. The highest BCUT2D eigenvalue weighted by atomic mass is 16.6. The molecule has 1 atom stereocenters. The molecular formula is C20H29N7O2. The fraction of sp³-hybridized carbons (Fsp3) is 0.650. The lowest BCUT2D eigenvalue weighted by molar-refractivity contribution is -0.384. The number of nitrogens with zero attached hydrogens (tertiary/aromatic N) is 7. The molecule has 1 aliphatic heterocycles. The van der Waals surface area contributed by atoms with Gasteiger partial charge in [-0.2, -0.15) is 0 Å². The fourth-order valence-electron chi connectivity index (χ4n) is 4.73. The average molecular weight is 399 g/mol. The van der Waals surface area contributed by atoms with Crippen molar-refractivity contribution < 1.29 is 4.92 Å². The van der Waals surface area contributed by atoms with Crippen molar-refractivity contribution in [1.82, 2.24) is 25.1 Å².